The first-order valence-electron chi connectivity index (χ1n) is 8.45. The Morgan fingerprint density at radius 1 is 1.42 bits per heavy atom. The molecule has 0 spiro atoms. The summed E-state index contributed by atoms with van der Waals surface area (Å²) in [6.45, 7) is 7.25. The molecule has 0 saturated carbocycles. The van der Waals surface area contributed by atoms with E-state index >= 15 is 0 Å². The van der Waals surface area contributed by atoms with Crippen LogP contribution in [0.15, 0.2) is 0 Å². The number of hydrogen-bond donors (Lipinski definition) is 2. The number of ether oxygens (including phenoxy) is 1. The molecule has 0 aromatic carbocycles. The van der Waals surface area contributed by atoms with Crippen LogP contribution in [0.2, 0.25) is 0 Å². The lowest BCUT2D eigenvalue weighted by molar-refractivity contribution is -0.139. The van der Waals surface area contributed by atoms with E-state index in [1.807, 2.05) is 18.7 Å². The van der Waals surface area contributed by atoms with Gasteiger partial charge >= 0.3 is 0 Å². The third-order valence-electron chi connectivity index (χ3n) is 4.97. The summed E-state index contributed by atoms with van der Waals surface area (Å²) in [5.41, 5.74) is 2.50. The van der Waals surface area contributed by atoms with Crippen LogP contribution in [0, 0.1) is 13.8 Å². The lowest BCUT2D eigenvalue weighted by Crippen LogP contribution is -2.51. The lowest BCUT2D eigenvalue weighted by Gasteiger charge is -2.41. The second kappa shape index (κ2) is 7.79. The number of likely N-dealkylation sites (tertiary alicyclic amines) is 1. The summed E-state index contributed by atoms with van der Waals surface area (Å²) in [5.74, 6) is 0.0536. The number of amides is 2. The topological polar surface area (TPSA) is 87.3 Å². The fourth-order valence-electron chi connectivity index (χ4n) is 3.29. The van der Waals surface area contributed by atoms with Crippen molar-refractivity contribution in [3.8, 4) is 0 Å². The van der Waals surface area contributed by atoms with E-state index in [-0.39, 0.29) is 11.8 Å². The summed E-state index contributed by atoms with van der Waals surface area (Å²) in [4.78, 5) is 25.6. The molecule has 2 amide bonds. The highest BCUT2D eigenvalue weighted by molar-refractivity contribution is 5.76. The maximum atomic E-state index is 12.2. The maximum absolute atomic E-state index is 12.2. The van der Waals surface area contributed by atoms with Crippen molar-refractivity contribution in [2.45, 2.75) is 58.6 Å². The zero-order valence-electron chi connectivity index (χ0n) is 15.1. The summed E-state index contributed by atoms with van der Waals surface area (Å²) in [6.07, 6.45) is 2.78. The number of nitrogens with one attached hydrogen (secondary N) is 2. The summed E-state index contributed by atoms with van der Waals surface area (Å²) in [6, 6.07) is 0. The third kappa shape index (κ3) is 4.35. The first-order valence-corrected chi connectivity index (χ1v) is 8.45. The van der Waals surface area contributed by atoms with Crippen molar-refractivity contribution in [3.63, 3.8) is 0 Å². The number of carbonyl (C=O) groups is 2. The first kappa shape index (κ1) is 18.4. The van der Waals surface area contributed by atoms with Crippen molar-refractivity contribution in [1.29, 1.82) is 0 Å². The van der Waals surface area contributed by atoms with Gasteiger partial charge in [-0.2, -0.15) is 5.10 Å². The van der Waals surface area contributed by atoms with Crippen molar-refractivity contribution in [2.24, 2.45) is 0 Å². The highest BCUT2D eigenvalue weighted by Crippen LogP contribution is 2.29. The van der Waals surface area contributed by atoms with Crippen molar-refractivity contribution in [1.82, 2.24) is 20.4 Å². The normalized spacial score (nSPS) is 20.9. The van der Waals surface area contributed by atoms with E-state index in [0.717, 1.165) is 36.3 Å². The molecule has 7 nitrogen and oxygen atoms in total. The molecule has 0 bridgehead atoms. The second-order valence-corrected chi connectivity index (χ2v) is 6.62. The van der Waals surface area contributed by atoms with Crippen molar-refractivity contribution < 1.29 is 14.3 Å². The Hall–Kier alpha value is -1.89. The molecule has 1 unspecified atom stereocenters. The van der Waals surface area contributed by atoms with E-state index in [9.17, 15) is 9.59 Å². The van der Waals surface area contributed by atoms with Crippen LogP contribution in [0.1, 0.15) is 49.6 Å². The molecule has 1 saturated heterocycles. The minimum atomic E-state index is -0.414. The Morgan fingerprint density at radius 2 is 2.17 bits per heavy atom. The van der Waals surface area contributed by atoms with Crippen LogP contribution in [-0.2, 0) is 20.9 Å². The Labute approximate surface area is 143 Å². The number of methoxy groups -OCH3 is 1. The Morgan fingerprint density at radius 3 is 2.75 bits per heavy atom. The van der Waals surface area contributed by atoms with Crippen LogP contribution in [0.25, 0.3) is 0 Å². The second-order valence-electron chi connectivity index (χ2n) is 6.62. The molecule has 2 rings (SSSR count). The molecule has 1 aliphatic heterocycles. The molecule has 24 heavy (non-hydrogen) atoms. The van der Waals surface area contributed by atoms with Gasteiger partial charge in [-0.05, 0) is 33.1 Å². The quantitative estimate of drug-likeness (QED) is 0.823. The maximum Gasteiger partial charge on any atom is 0.220 e. The number of H-pyrrole nitrogens is 1. The van der Waals surface area contributed by atoms with E-state index in [1.165, 1.54) is 0 Å². The number of aromatic nitrogens is 2. The smallest absolute Gasteiger partial charge is 0.220 e. The van der Waals surface area contributed by atoms with Gasteiger partial charge in [0.15, 0.2) is 0 Å². The standard InChI is InChI=1S/C17H28N4O3/c1-12-15(13(2)20-19-12)10-18-16(23)6-8-17(24-4)7-5-9-21(11-17)14(3)22/h5-11H2,1-4H3,(H,18,23)(H,19,20). The zero-order chi connectivity index (χ0) is 17.7. The number of piperidine rings is 1. The number of carbonyl (C=O) groups excluding carboxylic acids is 2. The van der Waals surface area contributed by atoms with Crippen LogP contribution in [0.5, 0.6) is 0 Å². The van der Waals surface area contributed by atoms with Crippen LogP contribution < -0.4 is 5.32 Å². The van der Waals surface area contributed by atoms with Gasteiger partial charge in [-0.3, -0.25) is 14.7 Å². The Balaban J connectivity index is 1.86. The fraction of sp³-hybridized carbons (Fsp3) is 0.706. The van der Waals surface area contributed by atoms with Gasteiger partial charge in [0.05, 0.1) is 11.3 Å². The van der Waals surface area contributed by atoms with Crippen LogP contribution >= 0.6 is 0 Å². The molecular formula is C17H28N4O3. The van der Waals surface area contributed by atoms with E-state index in [2.05, 4.69) is 15.5 Å². The molecule has 1 atom stereocenters. The van der Waals surface area contributed by atoms with Gasteiger partial charge in [0.1, 0.15) is 0 Å². The molecular weight excluding hydrogens is 308 g/mol. The largest absolute Gasteiger partial charge is 0.376 e. The van der Waals surface area contributed by atoms with Gasteiger partial charge in [0.2, 0.25) is 11.8 Å². The summed E-state index contributed by atoms with van der Waals surface area (Å²) < 4.78 is 5.71. The predicted octanol–water partition coefficient (Wildman–Crippen LogP) is 1.45. The number of hydrogen-bond acceptors (Lipinski definition) is 4. The van der Waals surface area contributed by atoms with Gasteiger partial charge in [-0.15, -0.1) is 0 Å². The molecule has 2 N–H and O–H groups in total. The van der Waals surface area contributed by atoms with Gasteiger partial charge < -0.3 is 15.0 Å². The molecule has 1 aromatic rings. The van der Waals surface area contributed by atoms with E-state index in [0.29, 0.717) is 25.9 Å². The van der Waals surface area contributed by atoms with Gasteiger partial charge in [-0.25, -0.2) is 0 Å². The van der Waals surface area contributed by atoms with E-state index < -0.39 is 5.60 Å². The van der Waals surface area contributed by atoms with Gasteiger partial charge in [0, 0.05) is 51.3 Å². The van der Waals surface area contributed by atoms with Gasteiger partial charge in [-0.1, -0.05) is 0 Å². The predicted molar refractivity (Wildman–Crippen MR) is 90.4 cm³/mol. The highest BCUT2D eigenvalue weighted by Gasteiger charge is 2.36. The van der Waals surface area contributed by atoms with Crippen molar-refractivity contribution in [3.05, 3.63) is 17.0 Å². The molecule has 7 heteroatoms. The minimum absolute atomic E-state index is 0.00799. The Kier molecular flexibility index (Phi) is 5.99. The van der Waals surface area contributed by atoms with E-state index in [1.54, 1.807) is 14.0 Å². The number of nitrogens with zero attached hydrogens (tertiary/aromatic N) is 2. The average molecular weight is 336 g/mol. The van der Waals surface area contributed by atoms with Crippen molar-refractivity contribution in [2.75, 3.05) is 20.2 Å². The molecule has 1 aromatic heterocycles. The number of rotatable bonds is 6. The molecule has 0 aliphatic carbocycles. The molecule has 0 radical (unpaired) electrons. The minimum Gasteiger partial charge on any atom is -0.376 e. The third-order valence-corrected chi connectivity index (χ3v) is 4.97. The molecule has 2 heterocycles. The van der Waals surface area contributed by atoms with Gasteiger partial charge in [0.25, 0.3) is 0 Å². The summed E-state index contributed by atoms with van der Waals surface area (Å²) in [5, 5.41) is 9.99. The number of aromatic amines is 1. The van der Waals surface area contributed by atoms with Crippen LogP contribution in [0.4, 0.5) is 0 Å². The summed E-state index contributed by atoms with van der Waals surface area (Å²) in [7, 11) is 1.67. The van der Waals surface area contributed by atoms with Crippen LogP contribution in [0.3, 0.4) is 0 Å². The number of aryl methyl sites for hydroxylation is 2. The molecule has 1 aliphatic rings. The van der Waals surface area contributed by atoms with E-state index in [4.69, 9.17) is 4.74 Å². The Bertz CT molecular complexity index is 579. The van der Waals surface area contributed by atoms with Crippen LogP contribution in [-0.4, -0.2) is 52.7 Å². The summed E-state index contributed by atoms with van der Waals surface area (Å²) >= 11 is 0. The SMILES string of the molecule is COC1(CCC(=O)NCc2c(C)n[nH]c2C)CCCN(C(C)=O)C1. The fourth-order valence-corrected chi connectivity index (χ4v) is 3.29. The highest BCUT2D eigenvalue weighted by atomic mass is 16.5. The average Bonchev–Trinajstić information content (AvgIpc) is 2.89. The lowest BCUT2D eigenvalue weighted by atomic mass is 9.87. The zero-order valence-corrected chi connectivity index (χ0v) is 15.1. The first-order chi connectivity index (χ1) is 11.4. The molecule has 134 valence electrons. The molecule has 1 fully saturated rings. The monoisotopic (exact) mass is 336 g/mol. The van der Waals surface area contributed by atoms with Crippen molar-refractivity contribution >= 4 is 11.8 Å².